The summed E-state index contributed by atoms with van der Waals surface area (Å²) in [6.07, 6.45) is 9.61. The van der Waals surface area contributed by atoms with Gasteiger partial charge in [-0.3, -0.25) is 0 Å². The maximum absolute atomic E-state index is 5.63. The van der Waals surface area contributed by atoms with Crippen molar-refractivity contribution < 1.29 is 0 Å². The summed E-state index contributed by atoms with van der Waals surface area (Å²) >= 11 is 0. The summed E-state index contributed by atoms with van der Waals surface area (Å²) in [5.41, 5.74) is 5.63. The van der Waals surface area contributed by atoms with Gasteiger partial charge in [-0.2, -0.15) is 0 Å². The Kier molecular flexibility index (Phi) is 7.06. The molecule has 2 heteroatoms. The highest BCUT2D eigenvalue weighted by atomic mass is 15.2. The zero-order valence-corrected chi connectivity index (χ0v) is 11.3. The van der Waals surface area contributed by atoms with E-state index in [0.29, 0.717) is 0 Å². The first-order valence-corrected chi connectivity index (χ1v) is 7.18. The molecular formula is C14H30N2. The van der Waals surface area contributed by atoms with Crippen molar-refractivity contribution in [1.29, 1.82) is 0 Å². The molecule has 0 aromatic rings. The standard InChI is InChI=1S/C14H30N2/c1-13(2)7-5-11-16(12-6-10-15)14-8-3-4-9-14/h13-14H,3-12,15H2,1-2H3. The average Bonchev–Trinajstić information content (AvgIpc) is 2.75. The average molecular weight is 226 g/mol. The molecule has 1 rings (SSSR count). The van der Waals surface area contributed by atoms with Crippen LogP contribution in [0.4, 0.5) is 0 Å². The van der Waals surface area contributed by atoms with E-state index in [1.54, 1.807) is 0 Å². The van der Waals surface area contributed by atoms with Gasteiger partial charge in [0.05, 0.1) is 0 Å². The van der Waals surface area contributed by atoms with Crippen LogP contribution < -0.4 is 5.73 Å². The highest BCUT2D eigenvalue weighted by molar-refractivity contribution is 4.77. The fourth-order valence-electron chi connectivity index (χ4n) is 2.74. The summed E-state index contributed by atoms with van der Waals surface area (Å²) in [5.74, 6) is 0.847. The lowest BCUT2D eigenvalue weighted by molar-refractivity contribution is 0.191. The first-order valence-electron chi connectivity index (χ1n) is 7.18. The Morgan fingerprint density at radius 3 is 2.31 bits per heavy atom. The summed E-state index contributed by atoms with van der Waals surface area (Å²) in [5, 5.41) is 0. The molecule has 0 aromatic heterocycles. The Morgan fingerprint density at radius 2 is 1.75 bits per heavy atom. The molecule has 96 valence electrons. The third-order valence-corrected chi connectivity index (χ3v) is 3.72. The molecule has 0 radical (unpaired) electrons. The van der Waals surface area contributed by atoms with E-state index < -0.39 is 0 Å². The van der Waals surface area contributed by atoms with Crippen molar-refractivity contribution in [2.45, 2.75) is 64.8 Å². The van der Waals surface area contributed by atoms with Crippen molar-refractivity contribution in [3.63, 3.8) is 0 Å². The van der Waals surface area contributed by atoms with Crippen molar-refractivity contribution in [3.05, 3.63) is 0 Å². The zero-order chi connectivity index (χ0) is 11.8. The van der Waals surface area contributed by atoms with E-state index >= 15 is 0 Å². The van der Waals surface area contributed by atoms with Crippen LogP contribution in [-0.4, -0.2) is 30.6 Å². The molecule has 0 amide bonds. The predicted molar refractivity (Wildman–Crippen MR) is 71.6 cm³/mol. The van der Waals surface area contributed by atoms with E-state index in [9.17, 15) is 0 Å². The molecule has 0 aromatic carbocycles. The molecule has 16 heavy (non-hydrogen) atoms. The van der Waals surface area contributed by atoms with Gasteiger partial charge >= 0.3 is 0 Å². The molecule has 1 saturated carbocycles. The molecule has 1 fully saturated rings. The molecule has 0 unspecified atom stereocenters. The Hall–Kier alpha value is -0.0800. The maximum Gasteiger partial charge on any atom is 0.00952 e. The van der Waals surface area contributed by atoms with Crippen LogP contribution in [0.1, 0.15) is 58.8 Å². The molecule has 1 aliphatic carbocycles. The molecule has 1 aliphatic rings. The molecule has 0 spiro atoms. The lowest BCUT2D eigenvalue weighted by Gasteiger charge is -2.29. The second-order valence-corrected chi connectivity index (χ2v) is 5.65. The maximum atomic E-state index is 5.63. The Bertz CT molecular complexity index is 162. The van der Waals surface area contributed by atoms with Crippen LogP contribution >= 0.6 is 0 Å². The minimum absolute atomic E-state index is 0.841. The van der Waals surface area contributed by atoms with Crippen LogP contribution in [0.25, 0.3) is 0 Å². The third kappa shape index (κ3) is 5.31. The Morgan fingerprint density at radius 1 is 1.12 bits per heavy atom. The lowest BCUT2D eigenvalue weighted by atomic mass is 10.1. The zero-order valence-electron chi connectivity index (χ0n) is 11.3. The number of nitrogens with two attached hydrogens (primary N) is 1. The van der Waals surface area contributed by atoms with Gasteiger partial charge in [0.25, 0.3) is 0 Å². The number of rotatable bonds is 8. The topological polar surface area (TPSA) is 29.3 Å². The molecule has 2 N–H and O–H groups in total. The van der Waals surface area contributed by atoms with E-state index in [0.717, 1.165) is 24.9 Å². The lowest BCUT2D eigenvalue weighted by Crippen LogP contribution is -2.36. The van der Waals surface area contributed by atoms with Gasteiger partial charge in [0.2, 0.25) is 0 Å². The highest BCUT2D eigenvalue weighted by Crippen LogP contribution is 2.24. The summed E-state index contributed by atoms with van der Waals surface area (Å²) < 4.78 is 0. The molecule has 0 heterocycles. The fourth-order valence-corrected chi connectivity index (χ4v) is 2.74. The van der Waals surface area contributed by atoms with Crippen molar-refractivity contribution in [2.24, 2.45) is 11.7 Å². The van der Waals surface area contributed by atoms with E-state index in [1.165, 1.54) is 51.6 Å². The van der Waals surface area contributed by atoms with Crippen molar-refractivity contribution in [2.75, 3.05) is 19.6 Å². The number of nitrogens with zero attached hydrogens (tertiary/aromatic N) is 1. The van der Waals surface area contributed by atoms with Crippen LogP contribution in [0.15, 0.2) is 0 Å². The van der Waals surface area contributed by atoms with Crippen molar-refractivity contribution in [1.82, 2.24) is 4.90 Å². The highest BCUT2D eigenvalue weighted by Gasteiger charge is 2.21. The molecule has 0 aliphatic heterocycles. The summed E-state index contributed by atoms with van der Waals surface area (Å²) in [4.78, 5) is 2.71. The van der Waals surface area contributed by atoms with Crippen LogP contribution in [0, 0.1) is 5.92 Å². The largest absolute Gasteiger partial charge is 0.330 e. The minimum Gasteiger partial charge on any atom is -0.330 e. The summed E-state index contributed by atoms with van der Waals surface area (Å²) in [6.45, 7) is 8.00. The second kappa shape index (κ2) is 8.08. The minimum atomic E-state index is 0.841. The van der Waals surface area contributed by atoms with Gasteiger partial charge in [0.15, 0.2) is 0 Å². The predicted octanol–water partition coefficient (Wildman–Crippen LogP) is 3.02. The third-order valence-electron chi connectivity index (χ3n) is 3.72. The Labute approximate surface area is 102 Å². The fraction of sp³-hybridized carbons (Fsp3) is 1.00. The first-order chi connectivity index (χ1) is 7.74. The number of hydrogen-bond acceptors (Lipinski definition) is 2. The van der Waals surface area contributed by atoms with Gasteiger partial charge in [-0.05, 0) is 57.7 Å². The molecule has 0 saturated heterocycles. The van der Waals surface area contributed by atoms with Gasteiger partial charge in [-0.1, -0.05) is 26.7 Å². The molecular weight excluding hydrogens is 196 g/mol. The van der Waals surface area contributed by atoms with Crippen molar-refractivity contribution in [3.8, 4) is 0 Å². The van der Waals surface area contributed by atoms with Gasteiger partial charge in [0.1, 0.15) is 0 Å². The van der Waals surface area contributed by atoms with E-state index in [4.69, 9.17) is 5.73 Å². The number of hydrogen-bond donors (Lipinski definition) is 1. The van der Waals surface area contributed by atoms with E-state index in [-0.39, 0.29) is 0 Å². The van der Waals surface area contributed by atoms with Gasteiger partial charge < -0.3 is 10.6 Å². The first kappa shape index (κ1) is 14.0. The molecule has 0 bridgehead atoms. The van der Waals surface area contributed by atoms with Gasteiger partial charge in [-0.15, -0.1) is 0 Å². The normalized spacial score (nSPS) is 17.8. The van der Waals surface area contributed by atoms with E-state index in [1.807, 2.05) is 0 Å². The van der Waals surface area contributed by atoms with Gasteiger partial charge in [0, 0.05) is 6.04 Å². The Balaban J connectivity index is 2.25. The SMILES string of the molecule is CC(C)CCCN(CCCN)C1CCCC1. The van der Waals surface area contributed by atoms with Crippen molar-refractivity contribution >= 4 is 0 Å². The molecule has 2 nitrogen and oxygen atoms in total. The quantitative estimate of drug-likeness (QED) is 0.689. The van der Waals surface area contributed by atoms with Crippen LogP contribution in [0.5, 0.6) is 0 Å². The van der Waals surface area contributed by atoms with Crippen LogP contribution in [0.2, 0.25) is 0 Å². The van der Waals surface area contributed by atoms with Crippen LogP contribution in [0.3, 0.4) is 0 Å². The summed E-state index contributed by atoms with van der Waals surface area (Å²) in [7, 11) is 0. The monoisotopic (exact) mass is 226 g/mol. The van der Waals surface area contributed by atoms with Crippen LogP contribution in [-0.2, 0) is 0 Å². The summed E-state index contributed by atoms with van der Waals surface area (Å²) in [6, 6.07) is 0.874. The molecule has 0 atom stereocenters. The van der Waals surface area contributed by atoms with Gasteiger partial charge in [-0.25, -0.2) is 0 Å². The smallest absolute Gasteiger partial charge is 0.00952 e. The van der Waals surface area contributed by atoms with E-state index in [2.05, 4.69) is 18.7 Å². The second-order valence-electron chi connectivity index (χ2n) is 5.65.